The molecule has 6 nitrogen and oxygen atoms in total. The van der Waals surface area contributed by atoms with Crippen molar-refractivity contribution in [2.75, 3.05) is 0 Å². The second kappa shape index (κ2) is 5.41. The van der Waals surface area contributed by atoms with Crippen LogP contribution in [0, 0.1) is 0 Å². The van der Waals surface area contributed by atoms with Gasteiger partial charge in [-0.15, -0.1) is 0 Å². The van der Waals surface area contributed by atoms with Crippen LogP contribution in [0.25, 0.3) is 0 Å². The maximum absolute atomic E-state index is 11.3. The third-order valence-electron chi connectivity index (χ3n) is 2.52. The molecule has 2 N–H and O–H groups in total. The average molecular weight is 279 g/mol. The molecule has 0 aliphatic rings. The molecule has 0 radical (unpaired) electrons. The topological polar surface area (TPSA) is 88.0 Å². The van der Waals surface area contributed by atoms with E-state index in [1.807, 2.05) is 18.2 Å². The smallest absolute Gasteiger partial charge is 0.339 e. The van der Waals surface area contributed by atoms with E-state index in [2.05, 4.69) is 10.1 Å². The van der Waals surface area contributed by atoms with Crippen LogP contribution in [0.5, 0.6) is 0 Å². The van der Waals surface area contributed by atoms with Crippen molar-refractivity contribution in [2.45, 2.75) is 23.1 Å². The summed E-state index contributed by atoms with van der Waals surface area (Å²) in [7, 11) is 1.60. The highest BCUT2D eigenvalue weighted by atomic mass is 32.2. The van der Waals surface area contributed by atoms with Crippen LogP contribution in [0.4, 0.5) is 0 Å². The van der Waals surface area contributed by atoms with Gasteiger partial charge in [0.05, 0.1) is 6.10 Å². The second-order valence-electron chi connectivity index (χ2n) is 4.02. The quantitative estimate of drug-likeness (QED) is 0.806. The lowest BCUT2D eigenvalue weighted by Gasteiger charge is -2.12. The van der Waals surface area contributed by atoms with Crippen molar-refractivity contribution < 1.29 is 5.11 Å². The Bertz CT molecular complexity index is 706. The predicted molar refractivity (Wildman–Crippen MR) is 71.3 cm³/mol. The molecule has 7 heteroatoms. The molecule has 1 unspecified atom stereocenters. The van der Waals surface area contributed by atoms with Crippen LogP contribution in [0.1, 0.15) is 18.6 Å². The first-order chi connectivity index (χ1) is 8.99. The average Bonchev–Trinajstić information content (AvgIpc) is 2.36. The molecule has 2 aromatic rings. The van der Waals surface area contributed by atoms with Gasteiger partial charge >= 0.3 is 11.1 Å². The summed E-state index contributed by atoms with van der Waals surface area (Å²) in [6.07, 6.45) is -0.622. The van der Waals surface area contributed by atoms with Gasteiger partial charge in [0.15, 0.2) is 5.16 Å². The highest BCUT2D eigenvalue weighted by Crippen LogP contribution is 2.30. The molecule has 1 heterocycles. The zero-order chi connectivity index (χ0) is 14.0. The lowest BCUT2D eigenvalue weighted by Crippen LogP contribution is -2.33. The van der Waals surface area contributed by atoms with Crippen LogP contribution in [-0.4, -0.2) is 19.9 Å². The molecule has 1 aromatic carbocycles. The van der Waals surface area contributed by atoms with Crippen molar-refractivity contribution in [1.82, 2.24) is 14.8 Å². The lowest BCUT2D eigenvalue weighted by molar-refractivity contribution is 0.196. The van der Waals surface area contributed by atoms with Gasteiger partial charge in [-0.1, -0.05) is 18.2 Å². The van der Waals surface area contributed by atoms with Crippen molar-refractivity contribution in [2.24, 2.45) is 7.05 Å². The van der Waals surface area contributed by atoms with Gasteiger partial charge in [-0.25, -0.2) is 0 Å². The zero-order valence-corrected chi connectivity index (χ0v) is 11.3. The van der Waals surface area contributed by atoms with Crippen LogP contribution < -0.4 is 11.1 Å². The van der Waals surface area contributed by atoms with Crippen molar-refractivity contribution in [3.63, 3.8) is 0 Å². The van der Waals surface area contributed by atoms with Gasteiger partial charge in [0.1, 0.15) is 0 Å². The Kier molecular flexibility index (Phi) is 3.87. The first-order valence-corrected chi connectivity index (χ1v) is 6.43. The fourth-order valence-corrected chi connectivity index (χ4v) is 2.58. The van der Waals surface area contributed by atoms with E-state index in [9.17, 15) is 14.7 Å². The standard InChI is InChI=1S/C12H13N3O3S/c1-7(16)8-5-3-4-6-9(8)19-12-13-10(17)11(18)14-15(12)2/h3-7,16H,1-2H3,(H,14,18). The normalized spacial score (nSPS) is 12.4. The van der Waals surface area contributed by atoms with E-state index in [0.29, 0.717) is 5.16 Å². The molecule has 0 aliphatic carbocycles. The Balaban J connectivity index is 2.45. The number of aryl methyl sites for hydroxylation is 1. The fraction of sp³-hybridized carbons (Fsp3) is 0.250. The Morgan fingerprint density at radius 2 is 2.05 bits per heavy atom. The summed E-state index contributed by atoms with van der Waals surface area (Å²) in [5, 5.41) is 12.4. The van der Waals surface area contributed by atoms with Gasteiger partial charge in [-0.2, -0.15) is 4.98 Å². The maximum atomic E-state index is 11.3. The van der Waals surface area contributed by atoms with E-state index in [4.69, 9.17) is 0 Å². The van der Waals surface area contributed by atoms with Crippen LogP contribution in [0.2, 0.25) is 0 Å². The third kappa shape index (κ3) is 2.94. The van der Waals surface area contributed by atoms with Crippen molar-refractivity contribution in [1.29, 1.82) is 0 Å². The number of H-pyrrole nitrogens is 1. The predicted octanol–water partition coefficient (Wildman–Crippen LogP) is 0.673. The number of aliphatic hydroxyl groups excluding tert-OH is 1. The Morgan fingerprint density at radius 1 is 1.37 bits per heavy atom. The molecular formula is C12H13N3O3S. The molecule has 0 bridgehead atoms. The van der Waals surface area contributed by atoms with E-state index in [-0.39, 0.29) is 0 Å². The number of benzene rings is 1. The molecule has 0 fully saturated rings. The molecule has 0 saturated heterocycles. The molecule has 2 rings (SSSR count). The van der Waals surface area contributed by atoms with E-state index in [1.54, 1.807) is 20.0 Å². The van der Waals surface area contributed by atoms with Crippen molar-refractivity contribution >= 4 is 11.8 Å². The number of hydrogen-bond donors (Lipinski definition) is 2. The van der Waals surface area contributed by atoms with Gasteiger partial charge in [0.25, 0.3) is 0 Å². The number of aromatic amines is 1. The molecule has 1 aromatic heterocycles. The van der Waals surface area contributed by atoms with Crippen LogP contribution in [0.3, 0.4) is 0 Å². The van der Waals surface area contributed by atoms with Crippen molar-refractivity contribution in [3.8, 4) is 0 Å². The van der Waals surface area contributed by atoms with Gasteiger partial charge < -0.3 is 5.11 Å². The minimum atomic E-state index is -0.824. The Labute approximate surface area is 113 Å². The number of aliphatic hydroxyl groups is 1. The molecule has 0 aliphatic heterocycles. The first-order valence-electron chi connectivity index (χ1n) is 5.61. The first kappa shape index (κ1) is 13.6. The number of nitrogens with one attached hydrogen (secondary N) is 1. The largest absolute Gasteiger partial charge is 0.389 e. The molecule has 0 spiro atoms. The second-order valence-corrected chi connectivity index (χ2v) is 5.02. The highest BCUT2D eigenvalue weighted by molar-refractivity contribution is 7.99. The molecule has 0 amide bonds. The number of nitrogens with zero attached hydrogens (tertiary/aromatic N) is 2. The Hall–Kier alpha value is -1.86. The van der Waals surface area contributed by atoms with E-state index in [1.165, 1.54) is 16.4 Å². The summed E-state index contributed by atoms with van der Waals surface area (Å²) >= 11 is 1.21. The minimum Gasteiger partial charge on any atom is -0.389 e. The highest BCUT2D eigenvalue weighted by Gasteiger charge is 2.11. The molecular weight excluding hydrogens is 266 g/mol. The summed E-state index contributed by atoms with van der Waals surface area (Å²) in [6.45, 7) is 1.67. The van der Waals surface area contributed by atoms with Gasteiger partial charge in [0, 0.05) is 11.9 Å². The fourth-order valence-electron chi connectivity index (χ4n) is 1.57. The van der Waals surface area contributed by atoms with E-state index in [0.717, 1.165) is 10.5 Å². The van der Waals surface area contributed by atoms with Crippen LogP contribution in [0.15, 0.2) is 43.9 Å². The number of hydrogen-bond acceptors (Lipinski definition) is 5. The van der Waals surface area contributed by atoms with Crippen LogP contribution >= 0.6 is 11.8 Å². The number of aromatic nitrogens is 3. The molecule has 100 valence electrons. The monoisotopic (exact) mass is 279 g/mol. The van der Waals surface area contributed by atoms with Gasteiger partial charge in [-0.3, -0.25) is 19.4 Å². The van der Waals surface area contributed by atoms with Crippen LogP contribution in [-0.2, 0) is 7.05 Å². The summed E-state index contributed by atoms with van der Waals surface area (Å²) < 4.78 is 1.38. The number of rotatable bonds is 3. The lowest BCUT2D eigenvalue weighted by atomic mass is 10.1. The van der Waals surface area contributed by atoms with Gasteiger partial charge in [-0.05, 0) is 30.3 Å². The minimum absolute atomic E-state index is 0.359. The summed E-state index contributed by atoms with van der Waals surface area (Å²) in [6, 6.07) is 7.28. The Morgan fingerprint density at radius 3 is 2.74 bits per heavy atom. The molecule has 1 atom stereocenters. The van der Waals surface area contributed by atoms with Crippen molar-refractivity contribution in [3.05, 3.63) is 50.5 Å². The zero-order valence-electron chi connectivity index (χ0n) is 10.5. The van der Waals surface area contributed by atoms with Gasteiger partial charge in [0.2, 0.25) is 0 Å². The summed E-state index contributed by atoms with van der Waals surface area (Å²) in [5.74, 6) is 0. The molecule has 19 heavy (non-hydrogen) atoms. The van der Waals surface area contributed by atoms with E-state index < -0.39 is 17.2 Å². The summed E-state index contributed by atoms with van der Waals surface area (Å²) in [5.41, 5.74) is -0.835. The molecule has 0 saturated carbocycles. The maximum Gasteiger partial charge on any atom is 0.339 e. The third-order valence-corrected chi connectivity index (χ3v) is 3.66. The SMILES string of the molecule is CC(O)c1ccccc1Sc1nc(=O)c(=O)[nH]n1C. The summed E-state index contributed by atoms with van der Waals surface area (Å²) in [4.78, 5) is 26.9. The van der Waals surface area contributed by atoms with E-state index >= 15 is 0 Å².